The molecular formula is C14H22N6O2. The summed E-state index contributed by atoms with van der Waals surface area (Å²) in [5, 5.41) is 11.4. The third-order valence-electron chi connectivity index (χ3n) is 4.88. The molecule has 2 fully saturated rings. The number of amides is 2. The molecule has 1 aromatic heterocycles. The Bertz CT molecular complexity index is 530. The number of rotatable bonds is 2. The number of nitrogens with zero attached hydrogens (tertiary/aromatic N) is 6. The van der Waals surface area contributed by atoms with Gasteiger partial charge in [0.2, 0.25) is 5.91 Å². The van der Waals surface area contributed by atoms with Gasteiger partial charge in [-0.25, -0.2) is 4.68 Å². The number of aromatic nitrogens is 4. The van der Waals surface area contributed by atoms with Gasteiger partial charge in [0, 0.05) is 33.1 Å². The largest absolute Gasteiger partial charge is 0.339 e. The molecule has 1 saturated heterocycles. The van der Waals surface area contributed by atoms with Gasteiger partial charge in [0.05, 0.1) is 0 Å². The standard InChI is InChI=1S/C14H22N6O2/c1-12(21)18-7-9-19(10-8-18)13(22)14(5-3-2-4-6-14)20-11-15-16-17-20/h11H,2-10H2,1H3. The van der Waals surface area contributed by atoms with Crippen LogP contribution >= 0.6 is 0 Å². The maximum Gasteiger partial charge on any atom is 0.250 e. The van der Waals surface area contributed by atoms with E-state index in [1.807, 2.05) is 4.90 Å². The molecular weight excluding hydrogens is 284 g/mol. The maximum absolute atomic E-state index is 13.2. The van der Waals surface area contributed by atoms with Crippen LogP contribution in [-0.4, -0.2) is 68.0 Å². The van der Waals surface area contributed by atoms with Gasteiger partial charge in [0.1, 0.15) is 11.9 Å². The predicted molar refractivity (Wildman–Crippen MR) is 77.7 cm³/mol. The van der Waals surface area contributed by atoms with E-state index in [0.29, 0.717) is 26.2 Å². The highest BCUT2D eigenvalue weighted by Crippen LogP contribution is 2.36. The van der Waals surface area contributed by atoms with Crippen LogP contribution in [0.3, 0.4) is 0 Å². The summed E-state index contributed by atoms with van der Waals surface area (Å²) in [6.45, 7) is 3.95. The second-order valence-electron chi connectivity index (χ2n) is 6.14. The number of hydrogen-bond acceptors (Lipinski definition) is 5. The van der Waals surface area contributed by atoms with Crippen molar-refractivity contribution in [3.05, 3.63) is 6.33 Å². The Morgan fingerprint density at radius 3 is 2.18 bits per heavy atom. The number of hydrogen-bond donors (Lipinski definition) is 0. The number of carbonyl (C=O) groups excluding carboxylic acids is 2. The summed E-state index contributed by atoms with van der Waals surface area (Å²) in [5.74, 6) is 0.169. The lowest BCUT2D eigenvalue weighted by atomic mass is 9.80. The lowest BCUT2D eigenvalue weighted by molar-refractivity contribution is -0.147. The minimum Gasteiger partial charge on any atom is -0.339 e. The van der Waals surface area contributed by atoms with Crippen LogP contribution in [0.1, 0.15) is 39.0 Å². The zero-order valence-corrected chi connectivity index (χ0v) is 12.9. The van der Waals surface area contributed by atoms with Crippen molar-refractivity contribution >= 4 is 11.8 Å². The van der Waals surface area contributed by atoms with Crippen molar-refractivity contribution in [1.29, 1.82) is 0 Å². The molecule has 8 nitrogen and oxygen atoms in total. The van der Waals surface area contributed by atoms with Crippen molar-refractivity contribution in [2.75, 3.05) is 26.2 Å². The van der Waals surface area contributed by atoms with Gasteiger partial charge in [0.15, 0.2) is 0 Å². The monoisotopic (exact) mass is 306 g/mol. The average Bonchev–Trinajstić information content (AvgIpc) is 3.10. The molecule has 1 saturated carbocycles. The summed E-state index contributed by atoms with van der Waals surface area (Å²) in [6.07, 6.45) is 6.29. The van der Waals surface area contributed by atoms with Gasteiger partial charge < -0.3 is 9.80 Å². The first-order valence-electron chi connectivity index (χ1n) is 7.92. The third kappa shape index (κ3) is 2.57. The molecule has 1 aromatic rings. The number of piperazine rings is 1. The van der Waals surface area contributed by atoms with Crippen LogP contribution in [0.25, 0.3) is 0 Å². The molecule has 2 heterocycles. The van der Waals surface area contributed by atoms with E-state index in [9.17, 15) is 9.59 Å². The Hall–Kier alpha value is -1.99. The van der Waals surface area contributed by atoms with E-state index in [4.69, 9.17) is 0 Å². The van der Waals surface area contributed by atoms with Crippen LogP contribution < -0.4 is 0 Å². The fourth-order valence-corrected chi connectivity index (χ4v) is 3.55. The van der Waals surface area contributed by atoms with Crippen LogP contribution in [0.5, 0.6) is 0 Å². The van der Waals surface area contributed by atoms with Crippen molar-refractivity contribution in [2.24, 2.45) is 0 Å². The molecule has 2 aliphatic rings. The van der Waals surface area contributed by atoms with Gasteiger partial charge in [-0.1, -0.05) is 19.3 Å². The first-order chi connectivity index (χ1) is 10.6. The molecule has 1 aliphatic carbocycles. The zero-order chi connectivity index (χ0) is 15.6. The fraction of sp³-hybridized carbons (Fsp3) is 0.786. The molecule has 120 valence electrons. The lowest BCUT2D eigenvalue weighted by Crippen LogP contribution is -2.57. The van der Waals surface area contributed by atoms with Crippen molar-refractivity contribution in [3.63, 3.8) is 0 Å². The summed E-state index contributed by atoms with van der Waals surface area (Å²) in [4.78, 5) is 28.2. The summed E-state index contributed by atoms with van der Waals surface area (Å²) >= 11 is 0. The molecule has 0 bridgehead atoms. The highest BCUT2D eigenvalue weighted by atomic mass is 16.2. The average molecular weight is 306 g/mol. The van der Waals surface area contributed by atoms with E-state index < -0.39 is 5.54 Å². The molecule has 2 amide bonds. The van der Waals surface area contributed by atoms with E-state index in [0.717, 1.165) is 32.1 Å². The Morgan fingerprint density at radius 1 is 1.00 bits per heavy atom. The Kier molecular flexibility index (Phi) is 4.08. The van der Waals surface area contributed by atoms with E-state index in [1.54, 1.807) is 22.8 Å². The van der Waals surface area contributed by atoms with Gasteiger partial charge in [0.25, 0.3) is 5.91 Å². The van der Waals surface area contributed by atoms with Crippen LogP contribution in [0.2, 0.25) is 0 Å². The van der Waals surface area contributed by atoms with Gasteiger partial charge in [-0.05, 0) is 23.3 Å². The SMILES string of the molecule is CC(=O)N1CCN(C(=O)C2(n3cnnn3)CCCCC2)CC1. The highest BCUT2D eigenvalue weighted by Gasteiger charge is 2.45. The van der Waals surface area contributed by atoms with Crippen molar-refractivity contribution in [3.8, 4) is 0 Å². The zero-order valence-electron chi connectivity index (χ0n) is 12.9. The van der Waals surface area contributed by atoms with Gasteiger partial charge in [-0.3, -0.25) is 9.59 Å². The number of tetrazole rings is 1. The summed E-state index contributed by atoms with van der Waals surface area (Å²) in [5.41, 5.74) is -0.639. The first kappa shape index (κ1) is 14.9. The Balaban J connectivity index is 1.78. The van der Waals surface area contributed by atoms with E-state index in [-0.39, 0.29) is 11.8 Å². The molecule has 0 aromatic carbocycles. The quantitative estimate of drug-likeness (QED) is 0.769. The van der Waals surface area contributed by atoms with Crippen LogP contribution in [0, 0.1) is 0 Å². The normalized spacial score (nSPS) is 21.7. The second-order valence-corrected chi connectivity index (χ2v) is 6.14. The summed E-state index contributed by atoms with van der Waals surface area (Å²) < 4.78 is 1.64. The second kappa shape index (κ2) is 6.02. The molecule has 8 heteroatoms. The van der Waals surface area contributed by atoms with Gasteiger partial charge in [-0.2, -0.15) is 0 Å². The smallest absolute Gasteiger partial charge is 0.250 e. The molecule has 3 rings (SSSR count). The molecule has 1 aliphatic heterocycles. The van der Waals surface area contributed by atoms with Crippen LogP contribution in [0.4, 0.5) is 0 Å². The summed E-state index contributed by atoms with van der Waals surface area (Å²) in [7, 11) is 0. The maximum atomic E-state index is 13.2. The van der Waals surface area contributed by atoms with E-state index in [2.05, 4.69) is 15.5 Å². The molecule has 0 atom stereocenters. The minimum atomic E-state index is -0.639. The van der Waals surface area contributed by atoms with Gasteiger partial charge in [-0.15, -0.1) is 5.10 Å². The summed E-state index contributed by atoms with van der Waals surface area (Å²) in [6, 6.07) is 0. The predicted octanol–water partition coefficient (Wildman–Crippen LogP) is 0.0232. The van der Waals surface area contributed by atoms with E-state index in [1.165, 1.54) is 0 Å². The van der Waals surface area contributed by atoms with Crippen molar-refractivity contribution < 1.29 is 9.59 Å². The molecule has 0 spiro atoms. The molecule has 0 radical (unpaired) electrons. The third-order valence-corrected chi connectivity index (χ3v) is 4.88. The van der Waals surface area contributed by atoms with Crippen molar-refractivity contribution in [1.82, 2.24) is 30.0 Å². The van der Waals surface area contributed by atoms with Crippen LogP contribution in [0.15, 0.2) is 6.33 Å². The fourth-order valence-electron chi connectivity index (χ4n) is 3.55. The van der Waals surface area contributed by atoms with Crippen LogP contribution in [-0.2, 0) is 15.1 Å². The van der Waals surface area contributed by atoms with Gasteiger partial charge >= 0.3 is 0 Å². The molecule has 0 N–H and O–H groups in total. The first-order valence-corrected chi connectivity index (χ1v) is 7.92. The Labute approximate surface area is 129 Å². The Morgan fingerprint density at radius 2 is 1.64 bits per heavy atom. The number of carbonyl (C=O) groups is 2. The molecule has 0 unspecified atom stereocenters. The van der Waals surface area contributed by atoms with Crippen molar-refractivity contribution in [2.45, 2.75) is 44.6 Å². The topological polar surface area (TPSA) is 84.2 Å². The highest BCUT2D eigenvalue weighted by molar-refractivity contribution is 5.85. The minimum absolute atomic E-state index is 0.0694. The molecule has 22 heavy (non-hydrogen) atoms. The van der Waals surface area contributed by atoms with E-state index >= 15 is 0 Å². The lowest BCUT2D eigenvalue weighted by Gasteiger charge is -2.42.